The van der Waals surface area contributed by atoms with Crippen molar-refractivity contribution >= 4 is 17.9 Å². The molecule has 0 aliphatic rings. The van der Waals surface area contributed by atoms with Gasteiger partial charge in [0.2, 0.25) is 0 Å². The molecule has 152 valence electrons. The first-order valence-corrected chi connectivity index (χ1v) is 10.1. The van der Waals surface area contributed by atoms with E-state index in [-0.39, 0.29) is 12.8 Å². The third-order valence-electron chi connectivity index (χ3n) is 4.71. The van der Waals surface area contributed by atoms with Crippen molar-refractivity contribution in [2.45, 2.75) is 103 Å². The van der Waals surface area contributed by atoms with Gasteiger partial charge in [0.15, 0.2) is 0 Å². The molecule has 0 aromatic rings. The molecule has 0 heterocycles. The fraction of sp³-hybridized carbons (Fsp3) is 0.850. The number of carbonyl (C=O) groups is 3. The Balaban J connectivity index is 3.29. The van der Waals surface area contributed by atoms with Gasteiger partial charge in [-0.25, -0.2) is 0 Å². The molecule has 0 aliphatic heterocycles. The lowest BCUT2D eigenvalue weighted by Gasteiger charge is -2.09. The van der Waals surface area contributed by atoms with Gasteiger partial charge in [0, 0.05) is 6.42 Å². The van der Waals surface area contributed by atoms with Crippen molar-refractivity contribution in [1.82, 2.24) is 0 Å². The summed E-state index contributed by atoms with van der Waals surface area (Å²) in [6.07, 6.45) is 14.7. The fourth-order valence-corrected chi connectivity index (χ4v) is 3.14. The first kappa shape index (κ1) is 24.4. The van der Waals surface area contributed by atoms with E-state index in [1.807, 2.05) is 0 Å². The van der Waals surface area contributed by atoms with Crippen molar-refractivity contribution in [3.63, 3.8) is 0 Å². The Hall–Kier alpha value is -1.59. The molecule has 0 aromatic heterocycles. The second-order valence-electron chi connectivity index (χ2n) is 7.16. The SMILES string of the molecule is O=C(O)CCCCCCCCCCCCCCCC(CC(=O)O)C(=O)O. The van der Waals surface area contributed by atoms with Gasteiger partial charge in [-0.2, -0.15) is 0 Å². The van der Waals surface area contributed by atoms with Crippen LogP contribution in [0.3, 0.4) is 0 Å². The highest BCUT2D eigenvalue weighted by Crippen LogP contribution is 2.17. The van der Waals surface area contributed by atoms with Gasteiger partial charge >= 0.3 is 17.9 Å². The number of rotatable bonds is 19. The Morgan fingerprint density at radius 3 is 1.27 bits per heavy atom. The highest BCUT2D eigenvalue weighted by atomic mass is 16.4. The number of unbranched alkanes of at least 4 members (excludes halogenated alkanes) is 12. The smallest absolute Gasteiger partial charge is 0.307 e. The molecule has 0 saturated carbocycles. The summed E-state index contributed by atoms with van der Waals surface area (Å²) in [7, 11) is 0. The number of aliphatic carboxylic acids is 3. The van der Waals surface area contributed by atoms with Gasteiger partial charge in [0.05, 0.1) is 12.3 Å². The van der Waals surface area contributed by atoms with Crippen molar-refractivity contribution in [2.24, 2.45) is 5.92 Å². The van der Waals surface area contributed by atoms with Crippen molar-refractivity contribution < 1.29 is 29.7 Å². The number of carboxylic acid groups (broad SMARTS) is 3. The van der Waals surface area contributed by atoms with Crippen molar-refractivity contribution in [3.8, 4) is 0 Å². The van der Waals surface area contributed by atoms with E-state index in [2.05, 4.69) is 0 Å². The summed E-state index contributed by atoms with van der Waals surface area (Å²) in [5.74, 6) is -3.50. The number of carboxylic acids is 3. The molecule has 0 spiro atoms. The normalized spacial score (nSPS) is 12.0. The molecule has 6 heteroatoms. The van der Waals surface area contributed by atoms with Crippen LogP contribution in [0, 0.1) is 5.92 Å². The average molecular weight is 373 g/mol. The van der Waals surface area contributed by atoms with E-state index >= 15 is 0 Å². The molecule has 0 amide bonds. The van der Waals surface area contributed by atoms with Crippen LogP contribution in [0.1, 0.15) is 103 Å². The lowest BCUT2D eigenvalue weighted by molar-refractivity contribution is -0.148. The molecule has 0 radical (unpaired) electrons. The topological polar surface area (TPSA) is 112 Å². The molecule has 1 atom stereocenters. The molecular weight excluding hydrogens is 336 g/mol. The van der Waals surface area contributed by atoms with E-state index in [4.69, 9.17) is 15.3 Å². The van der Waals surface area contributed by atoms with Crippen molar-refractivity contribution in [3.05, 3.63) is 0 Å². The first-order valence-electron chi connectivity index (χ1n) is 10.1. The van der Waals surface area contributed by atoms with Crippen LogP contribution in [0.2, 0.25) is 0 Å². The van der Waals surface area contributed by atoms with Crippen LogP contribution in [-0.4, -0.2) is 33.2 Å². The summed E-state index contributed by atoms with van der Waals surface area (Å²) < 4.78 is 0. The van der Waals surface area contributed by atoms with E-state index in [0.717, 1.165) is 44.9 Å². The summed E-state index contributed by atoms with van der Waals surface area (Å²) in [6.45, 7) is 0. The zero-order chi connectivity index (χ0) is 19.6. The molecule has 0 aliphatic carbocycles. The van der Waals surface area contributed by atoms with Crippen molar-refractivity contribution in [2.75, 3.05) is 0 Å². The lowest BCUT2D eigenvalue weighted by Crippen LogP contribution is -2.17. The van der Waals surface area contributed by atoms with Crippen LogP contribution in [-0.2, 0) is 14.4 Å². The maximum Gasteiger partial charge on any atom is 0.307 e. The van der Waals surface area contributed by atoms with Gasteiger partial charge in [-0.05, 0) is 12.8 Å². The van der Waals surface area contributed by atoms with Crippen LogP contribution >= 0.6 is 0 Å². The van der Waals surface area contributed by atoms with Crippen LogP contribution in [0.4, 0.5) is 0 Å². The number of hydrogen-bond acceptors (Lipinski definition) is 3. The second kappa shape index (κ2) is 16.9. The molecule has 0 saturated heterocycles. The summed E-state index contributed by atoms with van der Waals surface area (Å²) in [5, 5.41) is 26.2. The lowest BCUT2D eigenvalue weighted by atomic mass is 9.97. The quantitative estimate of drug-likeness (QED) is 0.272. The number of hydrogen-bond donors (Lipinski definition) is 3. The predicted octanol–water partition coefficient (Wildman–Crippen LogP) is 5.10. The summed E-state index contributed by atoms with van der Waals surface area (Å²) in [4.78, 5) is 31.9. The van der Waals surface area contributed by atoms with Gasteiger partial charge in [0.1, 0.15) is 0 Å². The molecule has 0 rings (SSSR count). The maximum absolute atomic E-state index is 10.9. The molecule has 1 unspecified atom stereocenters. The Kier molecular flexibility index (Phi) is 15.8. The minimum absolute atomic E-state index is 0.283. The van der Waals surface area contributed by atoms with Crippen LogP contribution in [0.15, 0.2) is 0 Å². The Morgan fingerprint density at radius 2 is 0.923 bits per heavy atom. The first-order chi connectivity index (χ1) is 12.4. The third-order valence-corrected chi connectivity index (χ3v) is 4.71. The standard InChI is InChI=1S/C20H36O6/c21-18(22)15-13-11-9-7-5-3-1-2-4-6-8-10-12-14-17(20(25)26)16-19(23)24/h17H,1-16H2,(H,21,22)(H,23,24)(H,25,26). The van der Waals surface area contributed by atoms with E-state index < -0.39 is 23.8 Å². The molecule has 0 bridgehead atoms. The van der Waals surface area contributed by atoms with Gasteiger partial charge in [-0.15, -0.1) is 0 Å². The zero-order valence-corrected chi connectivity index (χ0v) is 16.0. The minimum Gasteiger partial charge on any atom is -0.481 e. The van der Waals surface area contributed by atoms with E-state index in [1.165, 1.54) is 38.5 Å². The largest absolute Gasteiger partial charge is 0.481 e. The van der Waals surface area contributed by atoms with Gasteiger partial charge in [-0.3, -0.25) is 14.4 Å². The zero-order valence-electron chi connectivity index (χ0n) is 16.0. The van der Waals surface area contributed by atoms with E-state index in [1.54, 1.807) is 0 Å². The van der Waals surface area contributed by atoms with Crippen LogP contribution < -0.4 is 0 Å². The van der Waals surface area contributed by atoms with Gasteiger partial charge < -0.3 is 15.3 Å². The highest BCUT2D eigenvalue weighted by molar-refractivity contribution is 5.77. The highest BCUT2D eigenvalue weighted by Gasteiger charge is 2.20. The van der Waals surface area contributed by atoms with E-state index in [0.29, 0.717) is 6.42 Å². The molecule has 6 nitrogen and oxygen atoms in total. The third kappa shape index (κ3) is 17.2. The Labute approximate surface area is 157 Å². The van der Waals surface area contributed by atoms with Crippen LogP contribution in [0.5, 0.6) is 0 Å². The summed E-state index contributed by atoms with van der Waals surface area (Å²) >= 11 is 0. The monoisotopic (exact) mass is 372 g/mol. The Bertz CT molecular complexity index is 394. The molecule has 3 N–H and O–H groups in total. The second-order valence-corrected chi connectivity index (χ2v) is 7.16. The average Bonchev–Trinajstić information content (AvgIpc) is 2.56. The van der Waals surface area contributed by atoms with Crippen molar-refractivity contribution in [1.29, 1.82) is 0 Å². The molecule has 26 heavy (non-hydrogen) atoms. The fourth-order valence-electron chi connectivity index (χ4n) is 3.14. The summed E-state index contributed by atoms with van der Waals surface area (Å²) in [5.41, 5.74) is 0. The van der Waals surface area contributed by atoms with Gasteiger partial charge in [-0.1, -0.05) is 77.0 Å². The Morgan fingerprint density at radius 1 is 0.538 bits per heavy atom. The van der Waals surface area contributed by atoms with Gasteiger partial charge in [0.25, 0.3) is 0 Å². The minimum atomic E-state index is -1.04. The maximum atomic E-state index is 10.9. The van der Waals surface area contributed by atoms with E-state index in [9.17, 15) is 14.4 Å². The molecular formula is C20H36O6. The molecule has 0 fully saturated rings. The van der Waals surface area contributed by atoms with Crippen LogP contribution in [0.25, 0.3) is 0 Å². The summed E-state index contributed by atoms with van der Waals surface area (Å²) in [6, 6.07) is 0. The molecule has 0 aromatic carbocycles. The predicted molar refractivity (Wildman–Crippen MR) is 100 cm³/mol.